The number of ether oxygens (including phenoxy) is 1. The largest absolute Gasteiger partial charge is 0.489 e. The lowest BCUT2D eigenvalue weighted by Crippen LogP contribution is -2.49. The van der Waals surface area contributed by atoms with E-state index >= 15 is 0 Å². The van der Waals surface area contributed by atoms with Gasteiger partial charge in [0, 0.05) is 30.5 Å². The minimum Gasteiger partial charge on any atom is -0.489 e. The number of hydrogen-bond acceptors (Lipinski definition) is 3. The van der Waals surface area contributed by atoms with Crippen molar-refractivity contribution in [3.63, 3.8) is 0 Å². The smallest absolute Gasteiger partial charge is 0.274 e. The van der Waals surface area contributed by atoms with E-state index in [0.717, 1.165) is 26.0 Å². The zero-order valence-corrected chi connectivity index (χ0v) is 18.0. The van der Waals surface area contributed by atoms with Gasteiger partial charge in [-0.25, -0.2) is 17.6 Å². The maximum atomic E-state index is 14.0. The van der Waals surface area contributed by atoms with Crippen molar-refractivity contribution in [2.24, 2.45) is 0 Å². The topological polar surface area (TPSA) is 62.1 Å². The van der Waals surface area contributed by atoms with Crippen LogP contribution in [-0.2, 0) is 11.8 Å². The minimum atomic E-state index is -3.21. The van der Waals surface area contributed by atoms with Crippen LogP contribution in [-0.4, -0.2) is 18.1 Å². The Labute approximate surface area is 184 Å². The zero-order valence-electron chi connectivity index (χ0n) is 18.0. The molecule has 2 aromatic rings. The molecule has 0 fully saturated rings. The van der Waals surface area contributed by atoms with Crippen LogP contribution in [0.25, 0.3) is 0 Å². The fourth-order valence-electron chi connectivity index (χ4n) is 2.78. The van der Waals surface area contributed by atoms with Crippen molar-refractivity contribution in [2.75, 3.05) is 6.61 Å². The summed E-state index contributed by atoms with van der Waals surface area (Å²) in [6, 6.07) is 10.5. The highest BCUT2D eigenvalue weighted by Crippen LogP contribution is 2.35. The molecule has 32 heavy (non-hydrogen) atoms. The standard InChI is InChI=1S/C24H22F4N2O2/c1-5-6-16-7-12-19(24(4,27)28)20(13-16)32-15-22(2,14-29)30-21(31)17-8-10-18(11-9-17)23(3,25)26/h7-13H,15H2,1-4H3,(H,30,31). The molecule has 2 rings (SSSR count). The van der Waals surface area contributed by atoms with Crippen molar-refractivity contribution in [1.29, 1.82) is 5.26 Å². The Hall–Kier alpha value is -3.52. The van der Waals surface area contributed by atoms with E-state index in [2.05, 4.69) is 17.2 Å². The predicted octanol–water partition coefficient (Wildman–Crippen LogP) is 5.37. The first-order chi connectivity index (χ1) is 14.8. The van der Waals surface area contributed by atoms with Gasteiger partial charge >= 0.3 is 0 Å². The van der Waals surface area contributed by atoms with Gasteiger partial charge in [0.05, 0.1) is 11.6 Å². The lowest BCUT2D eigenvalue weighted by molar-refractivity contribution is 0.0138. The number of alkyl halides is 4. The van der Waals surface area contributed by atoms with E-state index in [0.29, 0.717) is 5.56 Å². The lowest BCUT2D eigenvalue weighted by atomic mass is 10.0. The number of amides is 1. The Kier molecular flexibility index (Phi) is 7.20. The molecule has 0 bridgehead atoms. The molecule has 0 aliphatic rings. The van der Waals surface area contributed by atoms with E-state index in [9.17, 15) is 27.6 Å². The molecule has 0 radical (unpaired) electrons. The number of rotatable bonds is 7. The fraction of sp³-hybridized carbons (Fsp3) is 0.333. The van der Waals surface area contributed by atoms with E-state index in [1.54, 1.807) is 6.92 Å². The molecule has 1 atom stereocenters. The summed E-state index contributed by atoms with van der Waals surface area (Å²) >= 11 is 0. The molecule has 0 aliphatic carbocycles. The Morgan fingerprint density at radius 1 is 1.03 bits per heavy atom. The van der Waals surface area contributed by atoms with Crippen molar-refractivity contribution < 1.29 is 27.1 Å². The van der Waals surface area contributed by atoms with Gasteiger partial charge in [0.15, 0.2) is 5.54 Å². The van der Waals surface area contributed by atoms with Gasteiger partial charge in [-0.3, -0.25) is 4.79 Å². The molecule has 0 aliphatic heterocycles. The van der Waals surface area contributed by atoms with Crippen molar-refractivity contribution in [3.8, 4) is 23.7 Å². The molecular formula is C24H22F4N2O2. The molecule has 1 amide bonds. The van der Waals surface area contributed by atoms with Crippen molar-refractivity contribution in [3.05, 3.63) is 64.7 Å². The Balaban J connectivity index is 2.22. The molecule has 1 N–H and O–H groups in total. The second-order valence-corrected chi connectivity index (χ2v) is 7.63. The number of nitrogens with one attached hydrogen (secondary N) is 1. The highest BCUT2D eigenvalue weighted by Gasteiger charge is 2.32. The molecule has 0 saturated heterocycles. The first-order valence-corrected chi connectivity index (χ1v) is 9.59. The highest BCUT2D eigenvalue weighted by molar-refractivity contribution is 5.95. The summed E-state index contributed by atoms with van der Waals surface area (Å²) in [7, 11) is 0. The average Bonchev–Trinajstić information content (AvgIpc) is 2.71. The SMILES string of the molecule is CC#Cc1ccc(C(C)(F)F)c(OCC(C)(C#N)NC(=O)c2ccc(C(C)(F)F)cc2)c1. The quantitative estimate of drug-likeness (QED) is 0.459. The van der Waals surface area contributed by atoms with Crippen LogP contribution in [0.1, 0.15) is 54.7 Å². The minimum absolute atomic E-state index is 0.0560. The molecule has 168 valence electrons. The van der Waals surface area contributed by atoms with Crippen LogP contribution in [0.3, 0.4) is 0 Å². The van der Waals surface area contributed by atoms with Crippen LogP contribution < -0.4 is 10.1 Å². The van der Waals surface area contributed by atoms with Crippen LogP contribution >= 0.6 is 0 Å². The second-order valence-electron chi connectivity index (χ2n) is 7.63. The third kappa shape index (κ3) is 6.24. The molecular weight excluding hydrogens is 424 g/mol. The van der Waals surface area contributed by atoms with E-state index in [4.69, 9.17) is 4.74 Å². The average molecular weight is 446 g/mol. The van der Waals surface area contributed by atoms with Gasteiger partial charge in [-0.2, -0.15) is 5.26 Å². The highest BCUT2D eigenvalue weighted by atomic mass is 19.3. The van der Waals surface area contributed by atoms with Gasteiger partial charge in [-0.05, 0) is 44.2 Å². The summed E-state index contributed by atoms with van der Waals surface area (Å²) in [4.78, 5) is 12.5. The molecule has 8 heteroatoms. The summed E-state index contributed by atoms with van der Waals surface area (Å²) in [5.41, 5.74) is -1.73. The van der Waals surface area contributed by atoms with Gasteiger partial charge in [0.2, 0.25) is 0 Å². The maximum Gasteiger partial charge on any atom is 0.274 e. The van der Waals surface area contributed by atoms with Crippen LogP contribution in [0.15, 0.2) is 42.5 Å². The van der Waals surface area contributed by atoms with Crippen molar-refractivity contribution >= 4 is 5.91 Å². The summed E-state index contributed by atoms with van der Waals surface area (Å²) in [5, 5.41) is 12.0. The monoisotopic (exact) mass is 446 g/mol. The first-order valence-electron chi connectivity index (χ1n) is 9.59. The molecule has 0 aromatic heterocycles. The van der Waals surface area contributed by atoms with Crippen molar-refractivity contribution in [1.82, 2.24) is 5.32 Å². The summed E-state index contributed by atoms with van der Waals surface area (Å²) in [6.07, 6.45) is 0. The van der Waals surface area contributed by atoms with Crippen LogP contribution in [0.4, 0.5) is 17.6 Å². The number of carbonyl (C=O) groups excluding carboxylic acids is 1. The molecule has 0 heterocycles. The Bertz CT molecular complexity index is 1080. The van der Waals surface area contributed by atoms with Crippen LogP contribution in [0.2, 0.25) is 0 Å². The number of nitriles is 1. The summed E-state index contributed by atoms with van der Waals surface area (Å²) < 4.78 is 60.2. The van der Waals surface area contributed by atoms with Gasteiger partial charge in [-0.1, -0.05) is 18.1 Å². The molecule has 0 spiro atoms. The van der Waals surface area contributed by atoms with E-state index in [1.807, 2.05) is 6.07 Å². The maximum absolute atomic E-state index is 14.0. The Morgan fingerprint density at radius 3 is 2.16 bits per heavy atom. The Morgan fingerprint density at radius 2 is 1.66 bits per heavy atom. The third-order valence-electron chi connectivity index (χ3n) is 4.53. The fourth-order valence-corrected chi connectivity index (χ4v) is 2.78. The second kappa shape index (κ2) is 9.32. The number of benzene rings is 2. The normalized spacial score (nSPS) is 13.2. The summed E-state index contributed by atoms with van der Waals surface area (Å²) in [5.74, 6) is -1.72. The number of carbonyl (C=O) groups is 1. The molecule has 2 aromatic carbocycles. The van der Waals surface area contributed by atoms with E-state index in [1.165, 1.54) is 37.3 Å². The predicted molar refractivity (Wildman–Crippen MR) is 112 cm³/mol. The van der Waals surface area contributed by atoms with E-state index in [-0.39, 0.29) is 22.4 Å². The van der Waals surface area contributed by atoms with Gasteiger partial charge < -0.3 is 10.1 Å². The van der Waals surface area contributed by atoms with Gasteiger partial charge in [0.25, 0.3) is 17.8 Å². The zero-order chi connectivity index (χ0) is 24.2. The summed E-state index contributed by atoms with van der Waals surface area (Å²) in [6.45, 7) is 3.97. The third-order valence-corrected chi connectivity index (χ3v) is 4.53. The number of halogens is 4. The molecule has 1 unspecified atom stereocenters. The van der Waals surface area contributed by atoms with E-state index < -0.39 is 29.9 Å². The molecule has 4 nitrogen and oxygen atoms in total. The van der Waals surface area contributed by atoms with Gasteiger partial charge in [0.1, 0.15) is 12.4 Å². The van der Waals surface area contributed by atoms with Crippen LogP contribution in [0, 0.1) is 23.2 Å². The molecule has 0 saturated carbocycles. The van der Waals surface area contributed by atoms with Crippen molar-refractivity contribution in [2.45, 2.75) is 45.1 Å². The first kappa shape index (κ1) is 24.7. The lowest BCUT2D eigenvalue weighted by Gasteiger charge is -2.25. The van der Waals surface area contributed by atoms with Crippen LogP contribution in [0.5, 0.6) is 5.75 Å². The number of nitrogens with zero attached hydrogens (tertiary/aromatic N) is 1. The van der Waals surface area contributed by atoms with Gasteiger partial charge in [-0.15, -0.1) is 5.92 Å². The number of hydrogen-bond donors (Lipinski definition) is 1.